The number of nitrogens with one attached hydrogen (secondary N) is 2. The molecule has 3 aromatic rings. The number of nitrogen functional groups attached to an aromatic ring is 1. The van der Waals surface area contributed by atoms with Gasteiger partial charge in [-0.2, -0.15) is 10.1 Å². The Labute approximate surface area is 222 Å². The molecule has 16 heteroatoms. The minimum atomic E-state index is -4.31. The number of halogens is 1. The van der Waals surface area contributed by atoms with Gasteiger partial charge in [-0.3, -0.25) is 23.7 Å². The van der Waals surface area contributed by atoms with Crippen molar-refractivity contribution in [3.05, 3.63) is 47.0 Å². The number of carbonyl (C=O) groups is 1. The SMILES string of the molecule is CC(C)OC(=O)C(C)N[P@](=O)(OC[C@H]1OC(n2cnc3c(=O)[nH]c(N)nc32)[C@](C)(F)[C@@H]1O)Oc1ccccc1. The van der Waals surface area contributed by atoms with Crippen molar-refractivity contribution in [2.45, 2.75) is 63.9 Å². The van der Waals surface area contributed by atoms with Crippen molar-refractivity contribution in [2.24, 2.45) is 0 Å². The maximum absolute atomic E-state index is 15.8. The Kier molecular flexibility index (Phi) is 8.09. The maximum Gasteiger partial charge on any atom is 0.459 e. The van der Waals surface area contributed by atoms with Crippen molar-refractivity contribution in [3.63, 3.8) is 0 Å². The van der Waals surface area contributed by atoms with Crippen molar-refractivity contribution in [2.75, 3.05) is 12.3 Å². The van der Waals surface area contributed by atoms with Crippen LogP contribution in [-0.2, 0) is 23.4 Å². The Morgan fingerprint density at radius 1 is 1.36 bits per heavy atom. The number of aromatic amines is 1. The lowest BCUT2D eigenvalue weighted by Gasteiger charge is -2.25. The Balaban J connectivity index is 1.56. The molecule has 1 fully saturated rings. The Hall–Kier alpha value is -3.36. The first-order valence-electron chi connectivity index (χ1n) is 12.0. The number of hydrogen-bond acceptors (Lipinski definition) is 11. The Bertz CT molecular complexity index is 1430. The second kappa shape index (κ2) is 11.0. The average molecular weight is 568 g/mol. The number of fused-ring (bicyclic) bond motifs is 1. The molecule has 3 heterocycles. The summed E-state index contributed by atoms with van der Waals surface area (Å²) in [4.78, 5) is 34.7. The van der Waals surface area contributed by atoms with Gasteiger partial charge in [0.25, 0.3) is 5.56 Å². The molecule has 2 aromatic heterocycles. The smallest absolute Gasteiger partial charge is 0.459 e. The number of aliphatic hydroxyl groups is 1. The Morgan fingerprint density at radius 2 is 2.05 bits per heavy atom. The van der Waals surface area contributed by atoms with Gasteiger partial charge in [-0.05, 0) is 39.8 Å². The van der Waals surface area contributed by atoms with Crippen LogP contribution in [0, 0.1) is 0 Å². The summed E-state index contributed by atoms with van der Waals surface area (Å²) in [5, 5.41) is 13.3. The number of nitrogens with two attached hydrogens (primary N) is 1. The molecular formula is C23H30FN6O8P. The van der Waals surface area contributed by atoms with Gasteiger partial charge in [0.2, 0.25) is 5.95 Å². The molecule has 0 aliphatic carbocycles. The second-order valence-electron chi connectivity index (χ2n) is 9.43. The number of ether oxygens (including phenoxy) is 2. The summed E-state index contributed by atoms with van der Waals surface area (Å²) in [6.45, 7) is 5.22. The second-order valence-corrected chi connectivity index (χ2v) is 11.1. The van der Waals surface area contributed by atoms with Crippen LogP contribution in [0.15, 0.2) is 41.5 Å². The lowest BCUT2D eigenvalue weighted by atomic mass is 9.98. The fourth-order valence-corrected chi connectivity index (χ4v) is 5.47. The van der Waals surface area contributed by atoms with E-state index in [2.05, 4.69) is 20.0 Å². The highest BCUT2D eigenvalue weighted by atomic mass is 31.2. The molecule has 2 unspecified atom stereocenters. The monoisotopic (exact) mass is 568 g/mol. The van der Waals surface area contributed by atoms with Crippen LogP contribution in [0.1, 0.15) is 33.9 Å². The lowest BCUT2D eigenvalue weighted by molar-refractivity contribution is -0.149. The number of imidazole rings is 1. The number of carbonyl (C=O) groups excluding carboxylic acids is 1. The number of hydrogen-bond donors (Lipinski definition) is 4. The van der Waals surface area contributed by atoms with Gasteiger partial charge in [0.05, 0.1) is 19.0 Å². The van der Waals surface area contributed by atoms with Gasteiger partial charge in [0.1, 0.15) is 24.0 Å². The topological polar surface area (TPSA) is 193 Å². The van der Waals surface area contributed by atoms with E-state index < -0.39 is 62.1 Å². The van der Waals surface area contributed by atoms with E-state index in [-0.39, 0.29) is 22.9 Å². The number of esters is 1. The summed E-state index contributed by atoms with van der Waals surface area (Å²) in [5.41, 5.74) is 2.40. The highest BCUT2D eigenvalue weighted by Gasteiger charge is 2.56. The van der Waals surface area contributed by atoms with Gasteiger partial charge in [0, 0.05) is 0 Å². The molecule has 0 spiro atoms. The molecule has 1 saturated heterocycles. The predicted octanol–water partition coefficient (Wildman–Crippen LogP) is 1.82. The zero-order chi connectivity index (χ0) is 28.5. The zero-order valence-electron chi connectivity index (χ0n) is 21.6. The first-order valence-corrected chi connectivity index (χ1v) is 13.6. The van der Waals surface area contributed by atoms with Crippen LogP contribution in [0.3, 0.4) is 0 Å². The van der Waals surface area contributed by atoms with Crippen LogP contribution in [0.4, 0.5) is 10.3 Å². The normalized spacial score (nSPS) is 25.5. The Morgan fingerprint density at radius 3 is 2.72 bits per heavy atom. The van der Waals surface area contributed by atoms with Crippen molar-refractivity contribution in [1.82, 2.24) is 24.6 Å². The van der Waals surface area contributed by atoms with Gasteiger partial charge in [-0.15, -0.1) is 0 Å². The average Bonchev–Trinajstić information content (AvgIpc) is 3.36. The number of H-pyrrole nitrogens is 1. The summed E-state index contributed by atoms with van der Waals surface area (Å²) in [7, 11) is -4.31. The third-order valence-electron chi connectivity index (χ3n) is 5.86. The van der Waals surface area contributed by atoms with Crippen molar-refractivity contribution < 1.29 is 37.4 Å². The van der Waals surface area contributed by atoms with Crippen molar-refractivity contribution in [3.8, 4) is 5.75 Å². The first-order chi connectivity index (χ1) is 18.3. The molecular weight excluding hydrogens is 538 g/mol. The zero-order valence-corrected chi connectivity index (χ0v) is 22.5. The number of para-hydroxylation sites is 1. The third-order valence-corrected chi connectivity index (χ3v) is 7.50. The minimum Gasteiger partial charge on any atom is -0.462 e. The third kappa shape index (κ3) is 6.12. The fraction of sp³-hybridized carbons (Fsp3) is 0.478. The maximum atomic E-state index is 15.8. The fourth-order valence-electron chi connectivity index (χ4n) is 3.97. The van der Waals surface area contributed by atoms with E-state index in [9.17, 15) is 19.3 Å². The molecule has 6 atom stereocenters. The molecule has 1 aromatic carbocycles. The largest absolute Gasteiger partial charge is 0.462 e. The van der Waals surface area contributed by atoms with E-state index in [1.165, 1.54) is 19.1 Å². The van der Waals surface area contributed by atoms with E-state index in [1.54, 1.807) is 32.0 Å². The number of anilines is 1. The van der Waals surface area contributed by atoms with Crippen molar-refractivity contribution >= 4 is 30.8 Å². The highest BCUT2D eigenvalue weighted by molar-refractivity contribution is 7.52. The van der Waals surface area contributed by atoms with Crippen LogP contribution in [0.2, 0.25) is 0 Å². The lowest BCUT2D eigenvalue weighted by Crippen LogP contribution is -2.41. The molecule has 4 rings (SSSR count). The summed E-state index contributed by atoms with van der Waals surface area (Å²) in [6, 6.07) is 6.93. The van der Waals surface area contributed by atoms with Gasteiger partial charge < -0.3 is 24.8 Å². The summed E-state index contributed by atoms with van der Waals surface area (Å²) >= 11 is 0. The van der Waals surface area contributed by atoms with Gasteiger partial charge >= 0.3 is 13.7 Å². The first kappa shape index (κ1) is 28.6. The van der Waals surface area contributed by atoms with Crippen LogP contribution in [0.25, 0.3) is 11.2 Å². The summed E-state index contributed by atoms with van der Waals surface area (Å²) < 4.78 is 52.6. The molecule has 0 bridgehead atoms. The standard InChI is InChI=1S/C23H30FN6O8P/c1-12(2)36-20(33)13(3)29-39(34,38-14-8-6-5-7-9-14)35-10-15-17(31)23(4,24)21(37-15)30-11-26-16-18(30)27-22(25)28-19(16)32/h5-9,11-13,15,17,21,31H,10H2,1-4H3,(H,29,34)(H3,25,27,28,32)/t13?,15-,17-,21?,23-,39+/m1/s1. The summed E-state index contributed by atoms with van der Waals surface area (Å²) in [5.74, 6) is -0.756. The van der Waals surface area contributed by atoms with Crippen LogP contribution in [-0.4, -0.2) is 67.2 Å². The molecule has 5 N–H and O–H groups in total. The quantitative estimate of drug-likeness (QED) is 0.205. The molecule has 0 saturated carbocycles. The number of alkyl halides is 1. The van der Waals surface area contributed by atoms with E-state index in [1.807, 2.05) is 0 Å². The molecule has 212 valence electrons. The van der Waals surface area contributed by atoms with Gasteiger partial charge in [0.15, 0.2) is 23.1 Å². The number of rotatable bonds is 10. The molecule has 1 aliphatic rings. The number of aromatic nitrogens is 4. The molecule has 0 radical (unpaired) electrons. The van der Waals surface area contributed by atoms with E-state index in [0.717, 1.165) is 17.8 Å². The molecule has 1 aliphatic heterocycles. The van der Waals surface area contributed by atoms with Crippen LogP contribution < -0.4 is 20.9 Å². The van der Waals surface area contributed by atoms with Gasteiger partial charge in [-0.1, -0.05) is 18.2 Å². The number of nitrogens with zero attached hydrogens (tertiary/aromatic N) is 3. The minimum absolute atomic E-state index is 0.0591. The molecule has 0 amide bonds. The predicted molar refractivity (Wildman–Crippen MR) is 136 cm³/mol. The number of aliphatic hydroxyl groups excluding tert-OH is 1. The highest BCUT2D eigenvalue weighted by Crippen LogP contribution is 2.48. The van der Waals surface area contributed by atoms with E-state index in [0.29, 0.717) is 0 Å². The van der Waals surface area contributed by atoms with Gasteiger partial charge in [-0.25, -0.2) is 13.9 Å². The summed E-state index contributed by atoms with van der Waals surface area (Å²) in [6.07, 6.45) is -3.90. The van der Waals surface area contributed by atoms with E-state index in [4.69, 9.17) is 24.3 Å². The van der Waals surface area contributed by atoms with Crippen LogP contribution in [0.5, 0.6) is 5.75 Å². The van der Waals surface area contributed by atoms with Crippen LogP contribution >= 0.6 is 7.75 Å². The van der Waals surface area contributed by atoms with Crippen molar-refractivity contribution in [1.29, 1.82) is 0 Å². The number of benzene rings is 1. The molecule has 39 heavy (non-hydrogen) atoms. The van der Waals surface area contributed by atoms with E-state index >= 15 is 4.39 Å². The molecule has 14 nitrogen and oxygen atoms in total.